The zero-order valence-corrected chi connectivity index (χ0v) is 15.4. The zero-order valence-electron chi connectivity index (χ0n) is 13.1. The number of sulfonamides is 1. The third kappa shape index (κ3) is 3.38. The van der Waals surface area contributed by atoms with Crippen LogP contribution in [0.1, 0.15) is 23.6 Å². The molecule has 0 N–H and O–H groups in total. The van der Waals surface area contributed by atoms with Crippen molar-refractivity contribution < 1.29 is 8.42 Å². The fourth-order valence-electron chi connectivity index (χ4n) is 2.81. The van der Waals surface area contributed by atoms with Crippen LogP contribution in [0, 0.1) is 6.92 Å². The van der Waals surface area contributed by atoms with Crippen LogP contribution in [-0.2, 0) is 10.0 Å². The number of benzene rings is 2. The lowest BCUT2D eigenvalue weighted by Crippen LogP contribution is -2.37. The Morgan fingerprint density at radius 3 is 2.38 bits per heavy atom. The Balaban J connectivity index is 2.06. The summed E-state index contributed by atoms with van der Waals surface area (Å²) in [6, 6.07) is 13.7. The highest BCUT2D eigenvalue weighted by atomic mass is 35.5. The van der Waals surface area contributed by atoms with Crippen LogP contribution in [0.2, 0.25) is 5.02 Å². The zero-order chi connectivity index (χ0) is 17.3. The maximum absolute atomic E-state index is 13.1. The number of hydrogen-bond donors (Lipinski definition) is 0. The average Bonchev–Trinajstić information content (AvgIpc) is 2.55. The summed E-state index contributed by atoms with van der Waals surface area (Å²) in [5, 5.41) is 1.19. The van der Waals surface area contributed by atoms with Gasteiger partial charge >= 0.3 is 0 Å². The van der Waals surface area contributed by atoms with Crippen molar-refractivity contribution in [3.05, 3.63) is 75.8 Å². The first kappa shape index (κ1) is 17.5. The summed E-state index contributed by atoms with van der Waals surface area (Å²) in [6.45, 7) is 2.15. The van der Waals surface area contributed by atoms with Gasteiger partial charge in [0, 0.05) is 23.0 Å². The lowest BCUT2D eigenvalue weighted by molar-refractivity contribution is 0.337. The highest BCUT2D eigenvalue weighted by Crippen LogP contribution is 2.39. The van der Waals surface area contributed by atoms with Gasteiger partial charge in [-0.25, -0.2) is 8.42 Å². The molecule has 0 radical (unpaired) electrons. The minimum absolute atomic E-state index is 0.227. The first-order chi connectivity index (χ1) is 11.4. The van der Waals surface area contributed by atoms with E-state index in [1.807, 2.05) is 25.1 Å². The highest BCUT2D eigenvalue weighted by Gasteiger charge is 2.35. The van der Waals surface area contributed by atoms with Crippen molar-refractivity contribution in [1.82, 2.24) is 4.31 Å². The van der Waals surface area contributed by atoms with Crippen LogP contribution < -0.4 is 0 Å². The van der Waals surface area contributed by atoms with Gasteiger partial charge in [-0.1, -0.05) is 65.2 Å². The molecule has 0 spiro atoms. The largest absolute Gasteiger partial charge is 0.243 e. The molecule has 1 atom stereocenters. The lowest BCUT2D eigenvalue weighted by Gasteiger charge is -2.34. The van der Waals surface area contributed by atoms with Crippen LogP contribution in [0.15, 0.2) is 64.5 Å². The molecule has 0 saturated carbocycles. The normalized spacial score (nSPS) is 19.1. The van der Waals surface area contributed by atoms with E-state index in [9.17, 15) is 8.42 Å². The van der Waals surface area contributed by atoms with E-state index in [0.717, 1.165) is 11.1 Å². The molecule has 0 amide bonds. The predicted octanol–water partition coefficient (Wildman–Crippen LogP) is 4.91. The lowest BCUT2D eigenvalue weighted by atomic mass is 10.0. The summed E-state index contributed by atoms with van der Waals surface area (Å²) in [5.41, 5.74) is 1.78. The van der Waals surface area contributed by atoms with Gasteiger partial charge in [0.15, 0.2) is 0 Å². The minimum atomic E-state index is -3.64. The molecule has 126 valence electrons. The summed E-state index contributed by atoms with van der Waals surface area (Å²) in [6.07, 6.45) is 2.15. The molecule has 2 aromatic carbocycles. The van der Waals surface area contributed by atoms with Gasteiger partial charge in [-0.3, -0.25) is 0 Å². The summed E-state index contributed by atoms with van der Waals surface area (Å²) >= 11 is 12.5. The van der Waals surface area contributed by atoms with Crippen molar-refractivity contribution in [3.63, 3.8) is 0 Å². The number of aryl methyl sites for hydroxylation is 1. The van der Waals surface area contributed by atoms with Crippen molar-refractivity contribution in [1.29, 1.82) is 0 Å². The first-order valence-corrected chi connectivity index (χ1v) is 9.76. The van der Waals surface area contributed by atoms with Crippen LogP contribution >= 0.6 is 23.2 Å². The number of nitrogens with zero attached hydrogens (tertiary/aromatic N) is 1. The van der Waals surface area contributed by atoms with E-state index < -0.39 is 16.1 Å². The summed E-state index contributed by atoms with van der Waals surface area (Å²) in [5.74, 6) is 0. The molecular weight excluding hydrogens is 365 g/mol. The second kappa shape index (κ2) is 6.89. The Morgan fingerprint density at radius 1 is 1.04 bits per heavy atom. The van der Waals surface area contributed by atoms with Gasteiger partial charge < -0.3 is 0 Å². The van der Waals surface area contributed by atoms with Crippen molar-refractivity contribution >= 4 is 33.2 Å². The Bertz CT molecular complexity index is 876. The van der Waals surface area contributed by atoms with Crippen molar-refractivity contribution in [2.45, 2.75) is 24.3 Å². The third-order valence-electron chi connectivity index (χ3n) is 4.12. The molecule has 0 bridgehead atoms. The molecule has 24 heavy (non-hydrogen) atoms. The summed E-state index contributed by atoms with van der Waals surface area (Å²) < 4.78 is 27.7. The number of hydrogen-bond acceptors (Lipinski definition) is 2. The van der Waals surface area contributed by atoms with Gasteiger partial charge in [0.2, 0.25) is 10.0 Å². The molecule has 0 saturated heterocycles. The molecule has 0 fully saturated rings. The molecular formula is C18H17Cl2NO2S. The van der Waals surface area contributed by atoms with Gasteiger partial charge in [0.25, 0.3) is 0 Å². The Labute approximate surface area is 152 Å². The quantitative estimate of drug-likeness (QED) is 0.757. The van der Waals surface area contributed by atoms with Crippen LogP contribution in [0.3, 0.4) is 0 Å². The molecule has 2 aromatic rings. The van der Waals surface area contributed by atoms with Crippen LogP contribution in [-0.4, -0.2) is 19.3 Å². The second-order valence-corrected chi connectivity index (χ2v) is 8.56. The van der Waals surface area contributed by atoms with E-state index >= 15 is 0 Å². The fourth-order valence-corrected chi connectivity index (χ4v) is 4.83. The van der Waals surface area contributed by atoms with Crippen LogP contribution in [0.4, 0.5) is 0 Å². The van der Waals surface area contributed by atoms with Gasteiger partial charge in [-0.2, -0.15) is 4.31 Å². The summed E-state index contributed by atoms with van der Waals surface area (Å²) in [7, 11) is -3.64. The molecule has 3 nitrogen and oxygen atoms in total. The number of halogens is 2. The highest BCUT2D eigenvalue weighted by molar-refractivity contribution is 7.89. The molecule has 0 aromatic heterocycles. The summed E-state index contributed by atoms with van der Waals surface area (Å²) in [4.78, 5) is 0.275. The van der Waals surface area contributed by atoms with Gasteiger partial charge in [-0.05, 0) is 30.7 Å². The molecule has 1 heterocycles. The van der Waals surface area contributed by atoms with Gasteiger partial charge in [0.05, 0.1) is 10.9 Å². The molecule has 1 unspecified atom stereocenters. The SMILES string of the molecule is Cc1ccc(S(=O)(=O)N2CC=C(Cl)CC2c2ccccc2Cl)cc1. The smallest absolute Gasteiger partial charge is 0.207 e. The van der Waals surface area contributed by atoms with E-state index in [-0.39, 0.29) is 11.4 Å². The van der Waals surface area contributed by atoms with Crippen molar-refractivity contribution in [3.8, 4) is 0 Å². The standard InChI is InChI=1S/C18H17Cl2NO2S/c1-13-6-8-15(9-7-13)24(22,23)21-11-10-14(19)12-18(21)16-4-2-3-5-17(16)20/h2-10,18H,11-12H2,1H3. The van der Waals surface area contributed by atoms with Gasteiger partial charge in [-0.15, -0.1) is 0 Å². The Kier molecular flexibility index (Phi) is 5.02. The predicted molar refractivity (Wildman–Crippen MR) is 97.8 cm³/mol. The van der Waals surface area contributed by atoms with Gasteiger partial charge in [0.1, 0.15) is 0 Å². The minimum Gasteiger partial charge on any atom is -0.207 e. The first-order valence-electron chi connectivity index (χ1n) is 7.57. The molecule has 3 rings (SSSR count). The Hall–Kier alpha value is -1.33. The monoisotopic (exact) mass is 381 g/mol. The average molecular weight is 382 g/mol. The fraction of sp³-hybridized carbons (Fsp3) is 0.222. The second-order valence-electron chi connectivity index (χ2n) is 5.78. The topological polar surface area (TPSA) is 37.4 Å². The molecule has 6 heteroatoms. The molecule has 1 aliphatic heterocycles. The van der Waals surface area contributed by atoms with E-state index in [1.165, 1.54) is 4.31 Å². The molecule has 1 aliphatic rings. The molecule has 0 aliphatic carbocycles. The van der Waals surface area contributed by atoms with E-state index in [2.05, 4.69) is 0 Å². The van der Waals surface area contributed by atoms with Crippen molar-refractivity contribution in [2.75, 3.05) is 6.54 Å². The van der Waals surface area contributed by atoms with Crippen molar-refractivity contribution in [2.24, 2.45) is 0 Å². The number of rotatable bonds is 3. The van der Waals surface area contributed by atoms with Crippen LogP contribution in [0.25, 0.3) is 0 Å². The van der Waals surface area contributed by atoms with E-state index in [0.29, 0.717) is 16.5 Å². The maximum Gasteiger partial charge on any atom is 0.243 e. The van der Waals surface area contributed by atoms with E-state index in [4.69, 9.17) is 23.2 Å². The van der Waals surface area contributed by atoms with Crippen LogP contribution in [0.5, 0.6) is 0 Å². The third-order valence-corrected chi connectivity index (χ3v) is 6.66. The van der Waals surface area contributed by atoms with E-state index in [1.54, 1.807) is 36.4 Å². The maximum atomic E-state index is 13.1. The Morgan fingerprint density at radius 2 is 1.71 bits per heavy atom.